The van der Waals surface area contributed by atoms with Crippen molar-refractivity contribution in [3.63, 3.8) is 0 Å². The maximum Gasteiger partial charge on any atom is 0.312 e. The first-order chi connectivity index (χ1) is 6.63. The summed E-state index contributed by atoms with van der Waals surface area (Å²) in [5.41, 5.74) is 12.0. The Morgan fingerprint density at radius 3 is 2.79 bits per heavy atom. The van der Waals surface area contributed by atoms with Crippen LogP contribution in [-0.2, 0) is 6.54 Å². The number of methoxy groups -OCH3 is 1. The lowest BCUT2D eigenvalue weighted by molar-refractivity contribution is 0.248. The molecule has 5 heteroatoms. The highest BCUT2D eigenvalue weighted by molar-refractivity contribution is 5.71. The maximum absolute atomic E-state index is 10.4. The topological polar surface area (TPSA) is 90.4 Å². The van der Waals surface area contributed by atoms with Crippen molar-refractivity contribution in [3.8, 4) is 5.75 Å². The van der Waals surface area contributed by atoms with E-state index in [4.69, 9.17) is 16.2 Å². The van der Waals surface area contributed by atoms with Gasteiger partial charge in [-0.2, -0.15) is 0 Å². The zero-order chi connectivity index (χ0) is 10.6. The zero-order valence-electron chi connectivity index (χ0n) is 7.91. The SMILES string of the molecule is COc1ccc(CNC(N)=O)cc1N. The molecule has 0 saturated carbocycles. The van der Waals surface area contributed by atoms with Crippen molar-refractivity contribution in [3.05, 3.63) is 23.8 Å². The Morgan fingerprint density at radius 1 is 1.57 bits per heavy atom. The molecule has 0 heterocycles. The fourth-order valence-electron chi connectivity index (χ4n) is 1.08. The van der Waals surface area contributed by atoms with Crippen molar-refractivity contribution in [2.45, 2.75) is 6.54 Å². The number of amides is 2. The van der Waals surface area contributed by atoms with Gasteiger partial charge < -0.3 is 21.5 Å². The van der Waals surface area contributed by atoms with E-state index < -0.39 is 6.03 Å². The molecular formula is C9H13N3O2. The molecule has 0 aliphatic carbocycles. The van der Waals surface area contributed by atoms with Crippen LogP contribution in [0.1, 0.15) is 5.56 Å². The summed E-state index contributed by atoms with van der Waals surface area (Å²) in [6.07, 6.45) is 0. The van der Waals surface area contributed by atoms with Gasteiger partial charge in [0.1, 0.15) is 5.75 Å². The molecule has 14 heavy (non-hydrogen) atoms. The number of rotatable bonds is 3. The second-order valence-electron chi connectivity index (χ2n) is 2.79. The average molecular weight is 195 g/mol. The molecule has 0 unspecified atom stereocenters. The second kappa shape index (κ2) is 4.36. The number of carbonyl (C=O) groups is 1. The molecule has 2 amide bonds. The average Bonchev–Trinajstić information content (AvgIpc) is 2.15. The highest BCUT2D eigenvalue weighted by Gasteiger charge is 2.00. The van der Waals surface area contributed by atoms with E-state index in [2.05, 4.69) is 5.32 Å². The molecule has 0 atom stereocenters. The first-order valence-corrected chi connectivity index (χ1v) is 4.09. The Morgan fingerprint density at radius 2 is 2.29 bits per heavy atom. The summed E-state index contributed by atoms with van der Waals surface area (Å²) in [4.78, 5) is 10.4. The van der Waals surface area contributed by atoms with Crippen LogP contribution in [0.15, 0.2) is 18.2 Å². The highest BCUT2D eigenvalue weighted by atomic mass is 16.5. The predicted molar refractivity (Wildman–Crippen MR) is 53.8 cm³/mol. The first-order valence-electron chi connectivity index (χ1n) is 4.09. The van der Waals surface area contributed by atoms with Crippen LogP contribution in [0.2, 0.25) is 0 Å². The number of primary amides is 1. The molecule has 5 nitrogen and oxygen atoms in total. The summed E-state index contributed by atoms with van der Waals surface area (Å²) < 4.78 is 4.99. The number of nitrogens with two attached hydrogens (primary N) is 2. The van der Waals surface area contributed by atoms with Gasteiger partial charge in [-0.1, -0.05) is 6.07 Å². The first kappa shape index (κ1) is 10.2. The number of carbonyl (C=O) groups excluding carboxylic acids is 1. The number of hydrogen-bond donors (Lipinski definition) is 3. The van der Waals surface area contributed by atoms with Crippen LogP contribution in [0.25, 0.3) is 0 Å². The van der Waals surface area contributed by atoms with E-state index in [1.165, 1.54) is 0 Å². The van der Waals surface area contributed by atoms with Gasteiger partial charge in [-0.25, -0.2) is 4.79 Å². The molecule has 76 valence electrons. The molecule has 0 radical (unpaired) electrons. The third-order valence-corrected chi connectivity index (χ3v) is 1.76. The Kier molecular flexibility index (Phi) is 3.17. The number of nitrogen functional groups attached to an aromatic ring is 1. The maximum atomic E-state index is 10.4. The highest BCUT2D eigenvalue weighted by Crippen LogP contribution is 2.21. The van der Waals surface area contributed by atoms with Crippen LogP contribution in [-0.4, -0.2) is 13.1 Å². The zero-order valence-corrected chi connectivity index (χ0v) is 7.91. The van der Waals surface area contributed by atoms with Gasteiger partial charge in [0.2, 0.25) is 0 Å². The normalized spacial score (nSPS) is 9.50. The quantitative estimate of drug-likeness (QED) is 0.611. The predicted octanol–water partition coefficient (Wildman–Crippen LogP) is 0.446. The van der Waals surface area contributed by atoms with Crippen molar-refractivity contribution >= 4 is 11.7 Å². The van der Waals surface area contributed by atoms with Gasteiger partial charge in [0.25, 0.3) is 0 Å². The largest absolute Gasteiger partial charge is 0.495 e. The molecule has 5 N–H and O–H groups in total. The minimum absolute atomic E-state index is 0.365. The van der Waals surface area contributed by atoms with Gasteiger partial charge in [0, 0.05) is 6.54 Å². The van der Waals surface area contributed by atoms with Crippen LogP contribution >= 0.6 is 0 Å². The smallest absolute Gasteiger partial charge is 0.312 e. The fourth-order valence-corrected chi connectivity index (χ4v) is 1.08. The van der Waals surface area contributed by atoms with E-state index in [-0.39, 0.29) is 0 Å². The lowest BCUT2D eigenvalue weighted by Crippen LogP contribution is -2.28. The summed E-state index contributed by atoms with van der Waals surface area (Å²) in [5.74, 6) is 0.618. The van der Waals surface area contributed by atoms with Crippen LogP contribution in [0.4, 0.5) is 10.5 Å². The molecule has 1 aromatic carbocycles. The third kappa shape index (κ3) is 2.55. The van der Waals surface area contributed by atoms with Crippen LogP contribution in [0.5, 0.6) is 5.75 Å². The van der Waals surface area contributed by atoms with Gasteiger partial charge in [-0.15, -0.1) is 0 Å². The van der Waals surface area contributed by atoms with E-state index in [0.717, 1.165) is 5.56 Å². The summed E-state index contributed by atoms with van der Waals surface area (Å²) in [5, 5.41) is 2.47. The fraction of sp³-hybridized carbons (Fsp3) is 0.222. The number of anilines is 1. The monoisotopic (exact) mass is 195 g/mol. The molecule has 0 spiro atoms. The molecule has 0 aliphatic rings. The lowest BCUT2D eigenvalue weighted by atomic mass is 10.2. The van der Waals surface area contributed by atoms with Gasteiger partial charge in [-0.3, -0.25) is 0 Å². The minimum Gasteiger partial charge on any atom is -0.495 e. The van der Waals surface area contributed by atoms with E-state index in [0.29, 0.717) is 18.0 Å². The number of nitrogens with one attached hydrogen (secondary N) is 1. The lowest BCUT2D eigenvalue weighted by Gasteiger charge is -2.07. The van der Waals surface area contributed by atoms with Gasteiger partial charge >= 0.3 is 6.03 Å². The van der Waals surface area contributed by atoms with Crippen molar-refractivity contribution < 1.29 is 9.53 Å². The van der Waals surface area contributed by atoms with E-state index in [1.807, 2.05) is 6.07 Å². The van der Waals surface area contributed by atoms with Crippen LogP contribution in [0.3, 0.4) is 0 Å². The van der Waals surface area contributed by atoms with Crippen molar-refractivity contribution in [2.75, 3.05) is 12.8 Å². The summed E-state index contributed by atoms with van der Waals surface area (Å²) in [6, 6.07) is 4.73. The Hall–Kier alpha value is -1.91. The van der Waals surface area contributed by atoms with Crippen molar-refractivity contribution in [1.29, 1.82) is 0 Å². The van der Waals surface area contributed by atoms with Crippen LogP contribution < -0.4 is 21.5 Å². The van der Waals surface area contributed by atoms with Gasteiger partial charge in [0.15, 0.2) is 0 Å². The van der Waals surface area contributed by atoms with Crippen molar-refractivity contribution in [1.82, 2.24) is 5.32 Å². The number of ether oxygens (including phenoxy) is 1. The Bertz CT molecular complexity index is 339. The van der Waals surface area contributed by atoms with Crippen molar-refractivity contribution in [2.24, 2.45) is 5.73 Å². The number of benzene rings is 1. The molecule has 1 aromatic rings. The summed E-state index contributed by atoms with van der Waals surface area (Å²) >= 11 is 0. The molecule has 1 rings (SSSR count). The molecule has 0 bridgehead atoms. The molecule has 0 aromatic heterocycles. The number of urea groups is 1. The summed E-state index contributed by atoms with van der Waals surface area (Å²) in [6.45, 7) is 0.365. The molecular weight excluding hydrogens is 182 g/mol. The molecule has 0 aliphatic heterocycles. The second-order valence-corrected chi connectivity index (χ2v) is 2.79. The van der Waals surface area contributed by atoms with Gasteiger partial charge in [-0.05, 0) is 17.7 Å². The Labute approximate surface area is 82.0 Å². The molecule has 0 fully saturated rings. The van der Waals surface area contributed by atoms with E-state index >= 15 is 0 Å². The van der Waals surface area contributed by atoms with E-state index in [1.54, 1.807) is 19.2 Å². The number of hydrogen-bond acceptors (Lipinski definition) is 3. The van der Waals surface area contributed by atoms with Crippen LogP contribution in [0, 0.1) is 0 Å². The minimum atomic E-state index is -0.556. The summed E-state index contributed by atoms with van der Waals surface area (Å²) in [7, 11) is 1.55. The van der Waals surface area contributed by atoms with Gasteiger partial charge in [0.05, 0.1) is 12.8 Å². The third-order valence-electron chi connectivity index (χ3n) is 1.76. The Balaban J connectivity index is 2.71. The standard InChI is InChI=1S/C9H13N3O2/c1-14-8-3-2-6(4-7(8)10)5-12-9(11)13/h2-4H,5,10H2,1H3,(H3,11,12,13). The molecule has 0 saturated heterocycles. The van der Waals surface area contributed by atoms with E-state index in [9.17, 15) is 4.79 Å².